The predicted octanol–water partition coefficient (Wildman–Crippen LogP) is 0.955. The van der Waals surface area contributed by atoms with E-state index in [0.717, 1.165) is 23.4 Å². The maximum Gasteiger partial charge on any atom is 0.358 e. The third-order valence-electron chi connectivity index (χ3n) is 3.89. The normalized spacial score (nSPS) is 18.3. The number of aryl methyl sites for hydroxylation is 2. The highest BCUT2D eigenvalue weighted by atomic mass is 16.5. The standard InChI is InChI=1S/C13H17N5O3/c1-7-10(8(2)17(3)15-7)12-11(13(19)20)14-16-18(12)9-4-5-21-6-9/h9H,4-6H2,1-3H3,(H,19,20). The topological polar surface area (TPSA) is 95.1 Å². The number of aromatic carboxylic acids is 1. The van der Waals surface area contributed by atoms with E-state index in [9.17, 15) is 9.90 Å². The quantitative estimate of drug-likeness (QED) is 0.904. The van der Waals surface area contributed by atoms with Crippen LogP contribution < -0.4 is 0 Å². The van der Waals surface area contributed by atoms with Crippen molar-refractivity contribution in [3.8, 4) is 11.3 Å². The first-order chi connectivity index (χ1) is 10.0. The van der Waals surface area contributed by atoms with Crippen molar-refractivity contribution in [2.75, 3.05) is 13.2 Å². The summed E-state index contributed by atoms with van der Waals surface area (Å²) >= 11 is 0. The zero-order chi connectivity index (χ0) is 15.1. The molecule has 2 aromatic rings. The van der Waals surface area contributed by atoms with E-state index in [2.05, 4.69) is 15.4 Å². The van der Waals surface area contributed by atoms with Crippen LogP contribution >= 0.6 is 0 Å². The Morgan fingerprint density at radius 1 is 1.43 bits per heavy atom. The molecule has 8 heteroatoms. The van der Waals surface area contributed by atoms with Crippen LogP contribution in [0.2, 0.25) is 0 Å². The number of ether oxygens (including phenoxy) is 1. The van der Waals surface area contributed by atoms with Crippen molar-refractivity contribution in [2.45, 2.75) is 26.3 Å². The number of hydrogen-bond donors (Lipinski definition) is 1. The van der Waals surface area contributed by atoms with Crippen LogP contribution in [0.3, 0.4) is 0 Å². The minimum absolute atomic E-state index is 0.0135. The molecule has 1 saturated heterocycles. The summed E-state index contributed by atoms with van der Waals surface area (Å²) in [6, 6.07) is 0.0135. The van der Waals surface area contributed by atoms with Crippen molar-refractivity contribution in [1.82, 2.24) is 24.8 Å². The molecule has 1 fully saturated rings. The molecule has 1 unspecified atom stereocenters. The summed E-state index contributed by atoms with van der Waals surface area (Å²) in [5.74, 6) is -1.09. The molecule has 1 atom stereocenters. The molecule has 0 amide bonds. The lowest BCUT2D eigenvalue weighted by molar-refractivity contribution is 0.0691. The molecule has 0 aromatic carbocycles. The number of hydrogen-bond acceptors (Lipinski definition) is 5. The van der Waals surface area contributed by atoms with Gasteiger partial charge in [-0.05, 0) is 20.3 Å². The molecule has 3 rings (SSSR count). The number of nitrogens with zero attached hydrogens (tertiary/aromatic N) is 5. The Bertz CT molecular complexity index is 697. The van der Waals surface area contributed by atoms with Crippen LogP contribution in [0.4, 0.5) is 0 Å². The van der Waals surface area contributed by atoms with Gasteiger partial charge in [0.1, 0.15) is 5.69 Å². The van der Waals surface area contributed by atoms with Crippen LogP contribution in [0.15, 0.2) is 0 Å². The Hall–Kier alpha value is -2.22. The van der Waals surface area contributed by atoms with Gasteiger partial charge in [-0.1, -0.05) is 5.21 Å². The Morgan fingerprint density at radius 2 is 2.19 bits per heavy atom. The molecule has 0 aliphatic carbocycles. The SMILES string of the molecule is Cc1nn(C)c(C)c1-c1c(C(=O)O)nnn1C1CCOC1. The minimum Gasteiger partial charge on any atom is -0.476 e. The molecule has 1 aliphatic heterocycles. The maximum absolute atomic E-state index is 11.5. The minimum atomic E-state index is -1.09. The first-order valence-corrected chi connectivity index (χ1v) is 6.77. The molecular weight excluding hydrogens is 274 g/mol. The fourth-order valence-electron chi connectivity index (χ4n) is 2.76. The number of aromatic nitrogens is 5. The smallest absolute Gasteiger partial charge is 0.358 e. The van der Waals surface area contributed by atoms with Crippen molar-refractivity contribution < 1.29 is 14.6 Å². The van der Waals surface area contributed by atoms with E-state index >= 15 is 0 Å². The second-order valence-corrected chi connectivity index (χ2v) is 5.22. The van der Waals surface area contributed by atoms with E-state index in [1.165, 1.54) is 0 Å². The van der Waals surface area contributed by atoms with Crippen molar-refractivity contribution in [2.24, 2.45) is 7.05 Å². The average molecular weight is 291 g/mol. The third kappa shape index (κ3) is 2.11. The lowest BCUT2D eigenvalue weighted by Crippen LogP contribution is -2.13. The molecular formula is C13H17N5O3. The van der Waals surface area contributed by atoms with E-state index in [0.29, 0.717) is 18.9 Å². The molecule has 0 bridgehead atoms. The Kier molecular flexibility index (Phi) is 3.25. The van der Waals surface area contributed by atoms with Gasteiger partial charge in [0.25, 0.3) is 0 Å². The van der Waals surface area contributed by atoms with Gasteiger partial charge in [-0.25, -0.2) is 9.48 Å². The molecule has 2 aromatic heterocycles. The van der Waals surface area contributed by atoms with Crippen LogP contribution in [0, 0.1) is 13.8 Å². The maximum atomic E-state index is 11.5. The average Bonchev–Trinajstić information content (AvgIpc) is 3.10. The second-order valence-electron chi connectivity index (χ2n) is 5.22. The molecule has 0 saturated carbocycles. The fraction of sp³-hybridized carbons (Fsp3) is 0.538. The first-order valence-electron chi connectivity index (χ1n) is 6.77. The highest BCUT2D eigenvalue weighted by Crippen LogP contribution is 2.32. The number of carboxylic acids is 1. The molecule has 0 radical (unpaired) electrons. The van der Waals surface area contributed by atoms with E-state index in [1.54, 1.807) is 9.36 Å². The molecule has 112 valence electrons. The number of rotatable bonds is 3. The van der Waals surface area contributed by atoms with Gasteiger partial charge < -0.3 is 9.84 Å². The summed E-state index contributed by atoms with van der Waals surface area (Å²) in [5.41, 5.74) is 2.91. The summed E-state index contributed by atoms with van der Waals surface area (Å²) in [6.07, 6.45) is 0.799. The van der Waals surface area contributed by atoms with Gasteiger partial charge in [0, 0.05) is 24.9 Å². The lowest BCUT2D eigenvalue weighted by atomic mass is 10.1. The van der Waals surface area contributed by atoms with Gasteiger partial charge in [-0.2, -0.15) is 5.10 Å². The van der Waals surface area contributed by atoms with Gasteiger partial charge in [-0.3, -0.25) is 4.68 Å². The third-order valence-corrected chi connectivity index (χ3v) is 3.89. The zero-order valence-electron chi connectivity index (χ0n) is 12.2. The van der Waals surface area contributed by atoms with Crippen molar-refractivity contribution in [3.63, 3.8) is 0 Å². The highest BCUT2D eigenvalue weighted by Gasteiger charge is 2.30. The van der Waals surface area contributed by atoms with Crippen LogP contribution in [-0.4, -0.2) is 49.1 Å². The van der Waals surface area contributed by atoms with Gasteiger partial charge in [0.15, 0.2) is 5.69 Å². The monoisotopic (exact) mass is 291 g/mol. The zero-order valence-corrected chi connectivity index (χ0v) is 12.2. The molecule has 1 aliphatic rings. The summed E-state index contributed by atoms with van der Waals surface area (Å²) in [7, 11) is 1.83. The largest absolute Gasteiger partial charge is 0.476 e. The van der Waals surface area contributed by atoms with Gasteiger partial charge in [-0.15, -0.1) is 5.10 Å². The summed E-state index contributed by atoms with van der Waals surface area (Å²) in [5, 5.41) is 21.7. The van der Waals surface area contributed by atoms with E-state index in [4.69, 9.17) is 4.74 Å². The van der Waals surface area contributed by atoms with Crippen LogP contribution in [0.1, 0.15) is 34.3 Å². The molecule has 3 heterocycles. The fourth-order valence-corrected chi connectivity index (χ4v) is 2.76. The molecule has 8 nitrogen and oxygen atoms in total. The molecule has 21 heavy (non-hydrogen) atoms. The van der Waals surface area contributed by atoms with Crippen LogP contribution in [0.25, 0.3) is 11.3 Å². The second kappa shape index (κ2) is 4.96. The Morgan fingerprint density at radius 3 is 2.71 bits per heavy atom. The van der Waals surface area contributed by atoms with Gasteiger partial charge >= 0.3 is 5.97 Å². The Labute approximate surface area is 121 Å². The van der Waals surface area contributed by atoms with Gasteiger partial charge in [0.2, 0.25) is 0 Å². The van der Waals surface area contributed by atoms with Crippen LogP contribution in [-0.2, 0) is 11.8 Å². The predicted molar refractivity (Wildman–Crippen MR) is 73.1 cm³/mol. The van der Waals surface area contributed by atoms with Gasteiger partial charge in [0.05, 0.1) is 18.3 Å². The summed E-state index contributed by atoms with van der Waals surface area (Å²) < 4.78 is 8.79. The molecule has 1 N–H and O–H groups in total. The molecule has 0 spiro atoms. The van der Waals surface area contributed by atoms with Crippen molar-refractivity contribution in [3.05, 3.63) is 17.1 Å². The van der Waals surface area contributed by atoms with Crippen LogP contribution in [0.5, 0.6) is 0 Å². The number of carboxylic acid groups (broad SMARTS) is 1. The van der Waals surface area contributed by atoms with E-state index in [1.807, 2.05) is 20.9 Å². The van der Waals surface area contributed by atoms with E-state index < -0.39 is 5.97 Å². The summed E-state index contributed by atoms with van der Waals surface area (Å²) in [4.78, 5) is 11.5. The Balaban J connectivity index is 2.23. The lowest BCUT2D eigenvalue weighted by Gasteiger charge is -2.12. The van der Waals surface area contributed by atoms with E-state index in [-0.39, 0.29) is 11.7 Å². The van der Waals surface area contributed by atoms with Crippen molar-refractivity contribution in [1.29, 1.82) is 0 Å². The first kappa shape index (κ1) is 13.7. The summed E-state index contributed by atoms with van der Waals surface area (Å²) in [6.45, 7) is 4.94. The number of carbonyl (C=O) groups is 1. The highest BCUT2D eigenvalue weighted by molar-refractivity contribution is 5.93. The van der Waals surface area contributed by atoms with Crippen molar-refractivity contribution >= 4 is 5.97 Å².